The second kappa shape index (κ2) is 6.13. The van der Waals surface area contributed by atoms with E-state index < -0.39 is 11.9 Å². The lowest BCUT2D eigenvalue weighted by Gasteiger charge is -2.16. The molecule has 0 bridgehead atoms. The number of anilines is 1. The van der Waals surface area contributed by atoms with Gasteiger partial charge in [0.15, 0.2) is 4.34 Å². The minimum Gasteiger partial charge on any atom is -0.481 e. The maximum absolute atomic E-state index is 12.2. The molecule has 0 aliphatic carbocycles. The van der Waals surface area contributed by atoms with Gasteiger partial charge in [0.2, 0.25) is 0 Å². The zero-order chi connectivity index (χ0) is 15.7. The van der Waals surface area contributed by atoms with E-state index in [-0.39, 0.29) is 12.6 Å². The number of urea groups is 1. The third kappa shape index (κ3) is 3.02. The molecule has 6 nitrogen and oxygen atoms in total. The zero-order valence-electron chi connectivity index (χ0n) is 11.9. The number of amides is 2. The quantitative estimate of drug-likeness (QED) is 0.842. The Morgan fingerprint density at radius 2 is 2.32 bits per heavy atom. The molecular formula is C14H15N3O3S2. The molecule has 2 heterocycles. The summed E-state index contributed by atoms with van der Waals surface area (Å²) in [6.07, 6.45) is 2.49. The smallest absolute Gasteiger partial charge is 0.321 e. The second-order valence-corrected chi connectivity index (χ2v) is 7.15. The molecule has 116 valence electrons. The van der Waals surface area contributed by atoms with E-state index in [1.165, 1.54) is 0 Å². The minimum atomic E-state index is -0.842. The van der Waals surface area contributed by atoms with E-state index in [1.54, 1.807) is 28.0 Å². The second-order valence-electron chi connectivity index (χ2n) is 5.07. The Labute approximate surface area is 135 Å². The summed E-state index contributed by atoms with van der Waals surface area (Å²) in [4.78, 5) is 29.1. The van der Waals surface area contributed by atoms with Crippen LogP contribution in [0.4, 0.5) is 10.5 Å². The SMILES string of the molecule is CSc1nc2ccc(NC(=O)N3CCC(C(=O)O)C3)cc2s1. The number of hydrogen-bond acceptors (Lipinski definition) is 5. The van der Waals surface area contributed by atoms with E-state index in [0.29, 0.717) is 18.7 Å². The highest BCUT2D eigenvalue weighted by Crippen LogP contribution is 2.30. The van der Waals surface area contributed by atoms with Gasteiger partial charge in [-0.2, -0.15) is 0 Å². The average Bonchev–Trinajstić information content (AvgIpc) is 3.13. The fourth-order valence-electron chi connectivity index (χ4n) is 2.42. The van der Waals surface area contributed by atoms with Gasteiger partial charge in [0, 0.05) is 18.8 Å². The van der Waals surface area contributed by atoms with Crippen LogP contribution in [0.1, 0.15) is 6.42 Å². The number of aromatic nitrogens is 1. The van der Waals surface area contributed by atoms with Gasteiger partial charge in [0.05, 0.1) is 16.1 Å². The van der Waals surface area contributed by atoms with Crippen molar-refractivity contribution in [1.82, 2.24) is 9.88 Å². The van der Waals surface area contributed by atoms with Crippen LogP contribution in [0.2, 0.25) is 0 Å². The third-order valence-electron chi connectivity index (χ3n) is 3.62. The van der Waals surface area contributed by atoms with Crippen LogP contribution in [0.15, 0.2) is 22.5 Å². The van der Waals surface area contributed by atoms with Crippen molar-refractivity contribution in [3.8, 4) is 0 Å². The monoisotopic (exact) mass is 337 g/mol. The molecule has 2 N–H and O–H groups in total. The zero-order valence-corrected chi connectivity index (χ0v) is 13.5. The van der Waals surface area contributed by atoms with Gasteiger partial charge >= 0.3 is 12.0 Å². The van der Waals surface area contributed by atoms with Crippen LogP contribution in [-0.4, -0.2) is 46.3 Å². The number of nitrogens with one attached hydrogen (secondary N) is 1. The van der Waals surface area contributed by atoms with Gasteiger partial charge in [0.25, 0.3) is 0 Å². The predicted molar refractivity (Wildman–Crippen MR) is 87.7 cm³/mol. The van der Waals surface area contributed by atoms with E-state index in [9.17, 15) is 9.59 Å². The summed E-state index contributed by atoms with van der Waals surface area (Å²) >= 11 is 3.18. The largest absolute Gasteiger partial charge is 0.481 e. The molecule has 0 radical (unpaired) electrons. The number of benzene rings is 1. The molecule has 2 amide bonds. The number of carboxylic acids is 1. The summed E-state index contributed by atoms with van der Waals surface area (Å²) in [5.41, 5.74) is 1.62. The standard InChI is InChI=1S/C14H15N3O3S2/c1-21-14-16-10-3-2-9(6-11(10)22-14)15-13(20)17-5-4-8(7-17)12(18)19/h2-3,6,8H,4-5,7H2,1H3,(H,15,20)(H,18,19). The van der Waals surface area contributed by atoms with Crippen molar-refractivity contribution in [2.24, 2.45) is 5.92 Å². The van der Waals surface area contributed by atoms with Crippen LogP contribution in [0.5, 0.6) is 0 Å². The first kappa shape index (κ1) is 15.1. The molecule has 1 atom stereocenters. The van der Waals surface area contributed by atoms with E-state index in [4.69, 9.17) is 5.11 Å². The Balaban J connectivity index is 1.70. The van der Waals surface area contributed by atoms with Crippen LogP contribution in [0.3, 0.4) is 0 Å². The van der Waals surface area contributed by atoms with Crippen LogP contribution < -0.4 is 5.32 Å². The molecule has 1 aromatic heterocycles. The van der Waals surface area contributed by atoms with Crippen LogP contribution in [0.25, 0.3) is 10.2 Å². The van der Waals surface area contributed by atoms with E-state index in [1.807, 2.05) is 24.5 Å². The summed E-state index contributed by atoms with van der Waals surface area (Å²) in [5, 5.41) is 11.8. The highest BCUT2D eigenvalue weighted by molar-refractivity contribution is 8.00. The van der Waals surface area contributed by atoms with Gasteiger partial charge in [0.1, 0.15) is 0 Å². The molecule has 0 spiro atoms. The van der Waals surface area contributed by atoms with Crippen molar-refractivity contribution in [3.05, 3.63) is 18.2 Å². The topological polar surface area (TPSA) is 82.5 Å². The van der Waals surface area contributed by atoms with Gasteiger partial charge < -0.3 is 15.3 Å². The third-order valence-corrected chi connectivity index (χ3v) is 5.62. The van der Waals surface area contributed by atoms with Crippen molar-refractivity contribution >= 4 is 51.0 Å². The summed E-state index contributed by atoms with van der Waals surface area (Å²) in [7, 11) is 0. The van der Waals surface area contributed by atoms with Crippen molar-refractivity contribution < 1.29 is 14.7 Å². The molecule has 2 aromatic rings. The number of nitrogens with zero attached hydrogens (tertiary/aromatic N) is 2. The molecule has 1 fully saturated rings. The Morgan fingerprint density at radius 1 is 1.50 bits per heavy atom. The Hall–Kier alpha value is -1.80. The molecule has 0 saturated carbocycles. The number of aliphatic carboxylic acids is 1. The number of carbonyl (C=O) groups is 2. The molecule has 8 heteroatoms. The molecule has 1 aliphatic rings. The first-order valence-corrected chi connectivity index (χ1v) is 8.84. The number of thiazole rings is 1. The van der Waals surface area contributed by atoms with Crippen molar-refractivity contribution in [3.63, 3.8) is 0 Å². The number of rotatable bonds is 3. The van der Waals surface area contributed by atoms with Crippen molar-refractivity contribution in [2.75, 3.05) is 24.7 Å². The average molecular weight is 337 g/mol. The Morgan fingerprint density at radius 3 is 3.00 bits per heavy atom. The number of carboxylic acid groups (broad SMARTS) is 1. The Kier molecular flexibility index (Phi) is 4.21. The van der Waals surface area contributed by atoms with Gasteiger partial charge in [-0.15, -0.1) is 11.3 Å². The lowest BCUT2D eigenvalue weighted by atomic mass is 10.1. The summed E-state index contributed by atoms with van der Waals surface area (Å²) in [5.74, 6) is -1.30. The van der Waals surface area contributed by atoms with E-state index in [2.05, 4.69) is 10.3 Å². The highest BCUT2D eigenvalue weighted by atomic mass is 32.2. The normalized spacial score (nSPS) is 17.9. The van der Waals surface area contributed by atoms with Gasteiger partial charge in [-0.1, -0.05) is 11.8 Å². The Bertz CT molecular complexity index is 731. The van der Waals surface area contributed by atoms with Gasteiger partial charge in [-0.05, 0) is 30.9 Å². The molecule has 1 aromatic carbocycles. The molecule has 1 saturated heterocycles. The maximum Gasteiger partial charge on any atom is 0.321 e. The van der Waals surface area contributed by atoms with Crippen LogP contribution in [0, 0.1) is 5.92 Å². The van der Waals surface area contributed by atoms with Crippen molar-refractivity contribution in [2.45, 2.75) is 10.8 Å². The van der Waals surface area contributed by atoms with E-state index in [0.717, 1.165) is 14.6 Å². The summed E-state index contributed by atoms with van der Waals surface area (Å²) in [6, 6.07) is 5.34. The summed E-state index contributed by atoms with van der Waals surface area (Å²) in [6.45, 7) is 0.739. The van der Waals surface area contributed by atoms with Gasteiger partial charge in [-0.25, -0.2) is 9.78 Å². The molecular weight excluding hydrogens is 322 g/mol. The summed E-state index contributed by atoms with van der Waals surface area (Å²) < 4.78 is 2.01. The highest BCUT2D eigenvalue weighted by Gasteiger charge is 2.30. The maximum atomic E-state index is 12.2. The number of thioether (sulfide) groups is 1. The predicted octanol–water partition coefficient (Wildman–Crippen LogP) is 2.96. The van der Waals surface area contributed by atoms with Crippen LogP contribution in [-0.2, 0) is 4.79 Å². The minimum absolute atomic E-state index is 0.252. The number of fused-ring (bicyclic) bond motifs is 1. The molecule has 3 rings (SSSR count). The fraction of sp³-hybridized carbons (Fsp3) is 0.357. The lowest BCUT2D eigenvalue weighted by Crippen LogP contribution is -2.33. The number of likely N-dealkylation sites (tertiary alicyclic amines) is 1. The fourth-order valence-corrected chi connectivity index (χ4v) is 3.95. The number of carbonyl (C=O) groups excluding carboxylic acids is 1. The van der Waals surface area contributed by atoms with Crippen molar-refractivity contribution in [1.29, 1.82) is 0 Å². The van der Waals surface area contributed by atoms with Gasteiger partial charge in [-0.3, -0.25) is 4.79 Å². The molecule has 1 unspecified atom stereocenters. The first-order valence-electron chi connectivity index (χ1n) is 6.80. The first-order chi connectivity index (χ1) is 10.6. The molecule has 1 aliphatic heterocycles. The lowest BCUT2D eigenvalue weighted by molar-refractivity contribution is -0.141. The number of hydrogen-bond donors (Lipinski definition) is 2. The molecule has 22 heavy (non-hydrogen) atoms. The van der Waals surface area contributed by atoms with E-state index >= 15 is 0 Å². The van der Waals surface area contributed by atoms with Crippen LogP contribution >= 0.6 is 23.1 Å².